The number of nitrogens with two attached hydrogens (primary N) is 1. The van der Waals surface area contributed by atoms with Crippen molar-refractivity contribution in [1.82, 2.24) is 4.98 Å². The zero-order chi connectivity index (χ0) is 8.65. The highest BCUT2D eigenvalue weighted by Crippen LogP contribution is 1.98. The summed E-state index contributed by atoms with van der Waals surface area (Å²) in [6.07, 6.45) is 8.00. The molecule has 0 spiro atoms. The van der Waals surface area contributed by atoms with Gasteiger partial charge >= 0.3 is 0 Å². The molecule has 0 bridgehead atoms. The van der Waals surface area contributed by atoms with Gasteiger partial charge in [-0.3, -0.25) is 4.98 Å². The van der Waals surface area contributed by atoms with Gasteiger partial charge in [0, 0.05) is 6.20 Å². The second-order valence-electron chi connectivity index (χ2n) is 2.59. The molecule has 0 fully saturated rings. The zero-order valence-corrected chi connectivity index (χ0v) is 7.11. The van der Waals surface area contributed by atoms with Crippen LogP contribution in [0, 0.1) is 0 Å². The van der Waals surface area contributed by atoms with Crippen molar-refractivity contribution in [3.05, 3.63) is 36.2 Å². The van der Waals surface area contributed by atoms with Gasteiger partial charge < -0.3 is 5.73 Å². The molecule has 64 valence electrons. The monoisotopic (exact) mass is 162 g/mol. The van der Waals surface area contributed by atoms with E-state index in [9.17, 15) is 0 Å². The first-order valence-electron chi connectivity index (χ1n) is 4.21. The van der Waals surface area contributed by atoms with E-state index in [1.54, 1.807) is 6.20 Å². The molecule has 0 aliphatic carbocycles. The molecule has 0 saturated carbocycles. The van der Waals surface area contributed by atoms with E-state index >= 15 is 0 Å². The summed E-state index contributed by atoms with van der Waals surface area (Å²) in [4.78, 5) is 4.16. The van der Waals surface area contributed by atoms with E-state index in [4.69, 9.17) is 5.73 Å². The van der Waals surface area contributed by atoms with Gasteiger partial charge in [0.15, 0.2) is 0 Å². The van der Waals surface area contributed by atoms with Crippen LogP contribution >= 0.6 is 0 Å². The smallest absolute Gasteiger partial charge is 0.0626 e. The summed E-state index contributed by atoms with van der Waals surface area (Å²) in [6.45, 7) is 0.757. The summed E-state index contributed by atoms with van der Waals surface area (Å²) in [5.74, 6) is 0. The molecule has 12 heavy (non-hydrogen) atoms. The van der Waals surface area contributed by atoms with Crippen LogP contribution in [0.5, 0.6) is 0 Å². The minimum absolute atomic E-state index is 0.757. The van der Waals surface area contributed by atoms with Crippen LogP contribution in [0.4, 0.5) is 0 Å². The second kappa shape index (κ2) is 5.49. The van der Waals surface area contributed by atoms with Crippen molar-refractivity contribution in [3.63, 3.8) is 0 Å². The average Bonchev–Trinajstić information content (AvgIpc) is 2.14. The summed E-state index contributed by atoms with van der Waals surface area (Å²) in [5.41, 5.74) is 6.37. The lowest BCUT2D eigenvalue weighted by atomic mass is 10.2. The minimum atomic E-state index is 0.757. The van der Waals surface area contributed by atoms with Gasteiger partial charge in [0.1, 0.15) is 0 Å². The Morgan fingerprint density at radius 1 is 1.42 bits per heavy atom. The van der Waals surface area contributed by atoms with Crippen LogP contribution in [0.2, 0.25) is 0 Å². The third-order valence-electron chi connectivity index (χ3n) is 1.55. The molecule has 1 heterocycles. The molecule has 1 aromatic heterocycles. The first-order chi connectivity index (χ1) is 5.93. The molecule has 0 amide bonds. The van der Waals surface area contributed by atoms with Crippen molar-refractivity contribution >= 4 is 6.08 Å². The molecule has 2 nitrogen and oxygen atoms in total. The highest BCUT2D eigenvalue weighted by Gasteiger charge is 1.83. The lowest BCUT2D eigenvalue weighted by Gasteiger charge is -1.90. The quantitative estimate of drug-likeness (QED) is 0.686. The molecule has 0 atom stereocenters. The fraction of sp³-hybridized carbons (Fsp3) is 0.300. The standard InChI is InChI=1S/C10H14N2/c11-8-4-1-2-6-10-7-3-5-9-12-10/h2-3,5-7,9H,1,4,8,11H2. The molecule has 0 aliphatic rings. The maximum absolute atomic E-state index is 5.36. The Balaban J connectivity index is 2.36. The number of hydrogen-bond donors (Lipinski definition) is 1. The summed E-state index contributed by atoms with van der Waals surface area (Å²) < 4.78 is 0. The summed E-state index contributed by atoms with van der Waals surface area (Å²) >= 11 is 0. The van der Waals surface area contributed by atoms with Gasteiger partial charge in [0.05, 0.1) is 5.69 Å². The molecule has 0 saturated heterocycles. The second-order valence-corrected chi connectivity index (χ2v) is 2.59. The lowest BCUT2D eigenvalue weighted by Crippen LogP contribution is -1.96. The van der Waals surface area contributed by atoms with Crippen molar-refractivity contribution in [3.8, 4) is 0 Å². The Labute approximate surface area is 73.1 Å². The largest absolute Gasteiger partial charge is 0.330 e. The van der Waals surface area contributed by atoms with Crippen LogP contribution < -0.4 is 5.73 Å². The number of nitrogens with zero attached hydrogens (tertiary/aromatic N) is 1. The average molecular weight is 162 g/mol. The highest BCUT2D eigenvalue weighted by molar-refractivity contribution is 5.43. The summed E-state index contributed by atoms with van der Waals surface area (Å²) in [6, 6.07) is 5.88. The molecule has 0 aliphatic heterocycles. The Hall–Kier alpha value is -1.15. The molecule has 1 rings (SSSR count). The van der Waals surface area contributed by atoms with Crippen molar-refractivity contribution in [2.45, 2.75) is 12.8 Å². The van der Waals surface area contributed by atoms with Crippen LogP contribution in [0.15, 0.2) is 30.5 Å². The molecule has 0 radical (unpaired) electrons. The summed E-state index contributed by atoms with van der Waals surface area (Å²) in [7, 11) is 0. The first-order valence-corrected chi connectivity index (χ1v) is 4.21. The minimum Gasteiger partial charge on any atom is -0.330 e. The van der Waals surface area contributed by atoms with Crippen LogP contribution in [-0.2, 0) is 0 Å². The topological polar surface area (TPSA) is 38.9 Å². The van der Waals surface area contributed by atoms with Crippen molar-refractivity contribution in [1.29, 1.82) is 0 Å². The SMILES string of the molecule is NCCCC=Cc1ccccn1. The van der Waals surface area contributed by atoms with Crippen molar-refractivity contribution in [2.75, 3.05) is 6.54 Å². The van der Waals surface area contributed by atoms with Gasteiger partial charge in [-0.25, -0.2) is 0 Å². The maximum atomic E-state index is 5.36. The molecule has 0 aromatic carbocycles. The van der Waals surface area contributed by atoms with Crippen LogP contribution in [0.1, 0.15) is 18.5 Å². The number of hydrogen-bond acceptors (Lipinski definition) is 2. The predicted octanol–water partition coefficient (Wildman–Crippen LogP) is 1.83. The van der Waals surface area contributed by atoms with E-state index in [-0.39, 0.29) is 0 Å². The van der Waals surface area contributed by atoms with Crippen molar-refractivity contribution in [2.24, 2.45) is 5.73 Å². The third-order valence-corrected chi connectivity index (χ3v) is 1.55. The van der Waals surface area contributed by atoms with Gasteiger partial charge in [-0.05, 0) is 37.6 Å². The van der Waals surface area contributed by atoms with Gasteiger partial charge in [-0.1, -0.05) is 12.1 Å². The summed E-state index contributed by atoms with van der Waals surface area (Å²) in [5, 5.41) is 0. The number of rotatable bonds is 4. The van der Waals surface area contributed by atoms with Gasteiger partial charge in [0.25, 0.3) is 0 Å². The van der Waals surface area contributed by atoms with E-state index < -0.39 is 0 Å². The number of unbranched alkanes of at least 4 members (excludes halogenated alkanes) is 1. The molecular weight excluding hydrogens is 148 g/mol. The number of aromatic nitrogens is 1. The molecule has 2 heteroatoms. The van der Waals surface area contributed by atoms with E-state index in [2.05, 4.69) is 11.1 Å². The van der Waals surface area contributed by atoms with Crippen LogP contribution in [0.25, 0.3) is 6.08 Å². The Bertz CT molecular complexity index is 229. The van der Waals surface area contributed by atoms with Gasteiger partial charge in [-0.2, -0.15) is 0 Å². The lowest BCUT2D eigenvalue weighted by molar-refractivity contribution is 0.857. The fourth-order valence-corrected chi connectivity index (χ4v) is 0.914. The Morgan fingerprint density at radius 2 is 2.33 bits per heavy atom. The van der Waals surface area contributed by atoms with E-state index in [0.717, 1.165) is 25.1 Å². The fourth-order valence-electron chi connectivity index (χ4n) is 0.914. The molecule has 2 N–H and O–H groups in total. The predicted molar refractivity (Wildman–Crippen MR) is 51.6 cm³/mol. The Morgan fingerprint density at radius 3 is 3.00 bits per heavy atom. The van der Waals surface area contributed by atoms with Crippen LogP contribution in [-0.4, -0.2) is 11.5 Å². The number of pyridine rings is 1. The van der Waals surface area contributed by atoms with Crippen molar-refractivity contribution < 1.29 is 0 Å². The zero-order valence-electron chi connectivity index (χ0n) is 7.11. The van der Waals surface area contributed by atoms with E-state index in [1.165, 1.54) is 0 Å². The van der Waals surface area contributed by atoms with Gasteiger partial charge in [0.2, 0.25) is 0 Å². The molecule has 1 aromatic rings. The highest BCUT2D eigenvalue weighted by atomic mass is 14.6. The van der Waals surface area contributed by atoms with Gasteiger partial charge in [-0.15, -0.1) is 0 Å². The number of allylic oxidation sites excluding steroid dienone is 1. The first kappa shape index (κ1) is 8.94. The third kappa shape index (κ3) is 3.30. The molecular formula is C10H14N2. The van der Waals surface area contributed by atoms with Crippen LogP contribution in [0.3, 0.4) is 0 Å². The van der Waals surface area contributed by atoms with E-state index in [0.29, 0.717) is 0 Å². The Kier molecular flexibility index (Phi) is 4.09. The molecule has 0 unspecified atom stereocenters. The normalized spacial score (nSPS) is 10.8. The van der Waals surface area contributed by atoms with E-state index in [1.807, 2.05) is 24.3 Å². The maximum Gasteiger partial charge on any atom is 0.0626 e.